The smallest absolute Gasteiger partial charge is 0.348 e. The minimum absolute atomic E-state index is 0.0575. The molecule has 0 radical (unpaired) electrons. The van der Waals surface area contributed by atoms with Crippen molar-refractivity contribution in [3.05, 3.63) is 16.3 Å². The lowest BCUT2D eigenvalue weighted by Crippen LogP contribution is -2.37. The van der Waals surface area contributed by atoms with Crippen molar-refractivity contribution in [2.75, 3.05) is 26.0 Å². The van der Waals surface area contributed by atoms with E-state index in [9.17, 15) is 9.59 Å². The lowest BCUT2D eigenvalue weighted by atomic mass is 10.2. The third-order valence-electron chi connectivity index (χ3n) is 3.53. The summed E-state index contributed by atoms with van der Waals surface area (Å²) in [6, 6.07) is -0.442. The van der Waals surface area contributed by atoms with E-state index in [4.69, 9.17) is 4.74 Å². The predicted molar refractivity (Wildman–Crippen MR) is 94.6 cm³/mol. The standard InChI is InChI=1S/C16H22N4O3S/c1-7-23-16(22)12-8(2)11-13(17-9(3)15(21)20(5)6)18-10(4)19-14(11)24-12/h9H,7H2,1-6H3,(H,17,18,19)/t9-/m0/s1. The molecule has 1 N–H and O–H groups in total. The van der Waals surface area contributed by atoms with Crippen LogP contribution in [0, 0.1) is 13.8 Å². The van der Waals surface area contributed by atoms with Crippen LogP contribution >= 0.6 is 11.3 Å². The molecule has 2 rings (SSSR count). The van der Waals surface area contributed by atoms with Crippen LogP contribution in [-0.4, -0.2) is 53.5 Å². The van der Waals surface area contributed by atoms with Crippen molar-refractivity contribution in [1.82, 2.24) is 14.9 Å². The molecular formula is C16H22N4O3S. The van der Waals surface area contributed by atoms with Gasteiger partial charge < -0.3 is 15.0 Å². The van der Waals surface area contributed by atoms with E-state index in [1.807, 2.05) is 6.92 Å². The maximum absolute atomic E-state index is 12.1. The Morgan fingerprint density at radius 1 is 1.29 bits per heavy atom. The van der Waals surface area contributed by atoms with Crippen LogP contribution in [-0.2, 0) is 9.53 Å². The molecule has 0 spiro atoms. The summed E-state index contributed by atoms with van der Waals surface area (Å²) in [6.45, 7) is 7.48. The number of aromatic nitrogens is 2. The third-order valence-corrected chi connectivity index (χ3v) is 4.69. The van der Waals surface area contributed by atoms with Crippen molar-refractivity contribution in [2.45, 2.75) is 33.7 Å². The fraction of sp³-hybridized carbons (Fsp3) is 0.500. The highest BCUT2D eigenvalue weighted by Crippen LogP contribution is 2.34. The first-order chi connectivity index (χ1) is 11.3. The van der Waals surface area contributed by atoms with E-state index in [2.05, 4.69) is 15.3 Å². The molecule has 7 nitrogen and oxygen atoms in total. The first kappa shape index (κ1) is 18.1. The summed E-state index contributed by atoms with van der Waals surface area (Å²) >= 11 is 1.28. The molecule has 0 aliphatic heterocycles. The van der Waals surface area contributed by atoms with Gasteiger partial charge in [-0.3, -0.25) is 4.79 Å². The Balaban J connectivity index is 2.50. The molecule has 130 valence electrons. The molecule has 8 heteroatoms. The van der Waals surface area contributed by atoms with Crippen LogP contribution in [0.25, 0.3) is 10.2 Å². The summed E-state index contributed by atoms with van der Waals surface area (Å²) in [6.07, 6.45) is 0. The van der Waals surface area contributed by atoms with E-state index in [1.165, 1.54) is 16.2 Å². The van der Waals surface area contributed by atoms with Crippen LogP contribution in [0.1, 0.15) is 34.9 Å². The monoisotopic (exact) mass is 350 g/mol. The van der Waals surface area contributed by atoms with Crippen molar-refractivity contribution in [3.8, 4) is 0 Å². The van der Waals surface area contributed by atoms with E-state index >= 15 is 0 Å². The molecule has 24 heavy (non-hydrogen) atoms. The van der Waals surface area contributed by atoms with Crippen molar-refractivity contribution in [2.24, 2.45) is 0 Å². The molecule has 0 aromatic carbocycles. The number of carbonyl (C=O) groups excluding carboxylic acids is 2. The quantitative estimate of drug-likeness (QED) is 0.834. The van der Waals surface area contributed by atoms with Gasteiger partial charge in [0.15, 0.2) is 0 Å². The fourth-order valence-corrected chi connectivity index (χ4v) is 3.52. The highest BCUT2D eigenvalue weighted by atomic mass is 32.1. The molecule has 0 aliphatic carbocycles. The topological polar surface area (TPSA) is 84.4 Å². The fourth-order valence-electron chi connectivity index (χ4n) is 2.40. The molecule has 0 fully saturated rings. The summed E-state index contributed by atoms with van der Waals surface area (Å²) < 4.78 is 5.10. The molecule has 0 unspecified atom stereocenters. The maximum Gasteiger partial charge on any atom is 0.348 e. The van der Waals surface area contributed by atoms with Gasteiger partial charge in [-0.15, -0.1) is 11.3 Å². The van der Waals surface area contributed by atoms with Crippen molar-refractivity contribution in [1.29, 1.82) is 0 Å². The van der Waals surface area contributed by atoms with Crippen LogP contribution in [0.5, 0.6) is 0 Å². The summed E-state index contributed by atoms with van der Waals surface area (Å²) in [5.41, 5.74) is 0.764. The molecule has 1 atom stereocenters. The number of fused-ring (bicyclic) bond motifs is 1. The first-order valence-corrected chi connectivity index (χ1v) is 8.50. The molecule has 2 aromatic rings. The van der Waals surface area contributed by atoms with E-state index in [0.717, 1.165) is 10.9 Å². The SMILES string of the molecule is CCOC(=O)c1sc2nc(C)nc(N[C@@H](C)C(=O)N(C)C)c2c1C. The van der Waals surface area contributed by atoms with Crippen molar-refractivity contribution in [3.63, 3.8) is 0 Å². The van der Waals surface area contributed by atoms with Gasteiger partial charge in [-0.1, -0.05) is 0 Å². The Kier molecular flexibility index (Phi) is 5.38. The van der Waals surface area contributed by atoms with Gasteiger partial charge in [-0.2, -0.15) is 0 Å². The number of thiophene rings is 1. The van der Waals surface area contributed by atoms with Gasteiger partial charge in [0, 0.05) is 14.1 Å². The number of nitrogens with zero attached hydrogens (tertiary/aromatic N) is 3. The van der Waals surface area contributed by atoms with Crippen LogP contribution in [0.4, 0.5) is 5.82 Å². The number of ether oxygens (including phenoxy) is 1. The summed E-state index contributed by atoms with van der Waals surface area (Å²) in [7, 11) is 3.41. The van der Waals surface area contributed by atoms with Gasteiger partial charge >= 0.3 is 5.97 Å². The molecule has 0 saturated heterocycles. The zero-order valence-electron chi connectivity index (χ0n) is 14.8. The number of aryl methyl sites for hydroxylation is 2. The number of carbonyl (C=O) groups is 2. The Bertz CT molecular complexity index is 785. The number of rotatable bonds is 5. The Morgan fingerprint density at radius 2 is 1.96 bits per heavy atom. The summed E-state index contributed by atoms with van der Waals surface area (Å²) in [5.74, 6) is 0.715. The number of anilines is 1. The Morgan fingerprint density at radius 3 is 2.54 bits per heavy atom. The van der Waals surface area contributed by atoms with Gasteiger partial charge in [0.05, 0.1) is 12.0 Å². The van der Waals surface area contributed by atoms with Gasteiger partial charge in [0.1, 0.15) is 27.4 Å². The highest BCUT2D eigenvalue weighted by molar-refractivity contribution is 7.20. The van der Waals surface area contributed by atoms with E-state index in [1.54, 1.807) is 34.9 Å². The second-order valence-electron chi connectivity index (χ2n) is 5.67. The predicted octanol–water partition coefficient (Wildman–Crippen LogP) is 2.37. The highest BCUT2D eigenvalue weighted by Gasteiger charge is 2.23. The molecule has 2 aromatic heterocycles. The van der Waals surface area contributed by atoms with Gasteiger partial charge in [0.2, 0.25) is 5.91 Å². The van der Waals surface area contributed by atoms with Crippen LogP contribution in [0.15, 0.2) is 0 Å². The lowest BCUT2D eigenvalue weighted by molar-refractivity contribution is -0.129. The minimum Gasteiger partial charge on any atom is -0.462 e. The number of hydrogen-bond acceptors (Lipinski definition) is 7. The molecule has 0 aliphatic rings. The number of amides is 1. The number of likely N-dealkylation sites (N-methyl/N-ethyl adjacent to an activating group) is 1. The summed E-state index contributed by atoms with van der Waals surface area (Å²) in [4.78, 5) is 35.8. The first-order valence-electron chi connectivity index (χ1n) is 7.68. The van der Waals surface area contributed by atoms with Crippen molar-refractivity contribution >= 4 is 39.2 Å². The molecule has 1 amide bonds. The number of nitrogens with one attached hydrogen (secondary N) is 1. The zero-order chi connectivity index (χ0) is 18.0. The normalized spacial score (nSPS) is 12.1. The summed E-state index contributed by atoms with van der Waals surface area (Å²) in [5, 5.41) is 3.90. The third kappa shape index (κ3) is 3.48. The average molecular weight is 350 g/mol. The van der Waals surface area contributed by atoms with Crippen LogP contribution < -0.4 is 5.32 Å². The minimum atomic E-state index is -0.442. The van der Waals surface area contributed by atoms with Crippen LogP contribution in [0.3, 0.4) is 0 Å². The second kappa shape index (κ2) is 7.12. The maximum atomic E-state index is 12.1. The average Bonchev–Trinajstić information content (AvgIpc) is 2.83. The molecule has 0 bridgehead atoms. The van der Waals surface area contributed by atoms with Gasteiger partial charge in [-0.05, 0) is 33.3 Å². The second-order valence-corrected chi connectivity index (χ2v) is 6.67. The van der Waals surface area contributed by atoms with E-state index in [-0.39, 0.29) is 11.9 Å². The molecular weight excluding hydrogens is 328 g/mol. The largest absolute Gasteiger partial charge is 0.462 e. The number of hydrogen-bond donors (Lipinski definition) is 1. The molecule has 0 saturated carbocycles. The van der Waals surface area contributed by atoms with E-state index in [0.29, 0.717) is 28.0 Å². The number of esters is 1. The van der Waals surface area contributed by atoms with Crippen molar-refractivity contribution < 1.29 is 14.3 Å². The molecule has 2 heterocycles. The van der Waals surface area contributed by atoms with E-state index < -0.39 is 6.04 Å². The Labute approximate surface area is 145 Å². The van der Waals surface area contributed by atoms with Gasteiger partial charge in [-0.25, -0.2) is 14.8 Å². The Hall–Kier alpha value is -2.22. The van der Waals surface area contributed by atoms with Gasteiger partial charge in [0.25, 0.3) is 0 Å². The zero-order valence-corrected chi connectivity index (χ0v) is 15.6. The van der Waals surface area contributed by atoms with Crippen LogP contribution in [0.2, 0.25) is 0 Å². The lowest BCUT2D eigenvalue weighted by Gasteiger charge is -2.19.